The number of benzene rings is 3. The average Bonchev–Trinajstić information content (AvgIpc) is 3.15. The third-order valence-electron chi connectivity index (χ3n) is 5.35. The summed E-state index contributed by atoms with van der Waals surface area (Å²) in [5.74, 6) is 0. The Bertz CT molecular complexity index is 1140. The highest BCUT2D eigenvalue weighted by molar-refractivity contribution is 7.89. The lowest BCUT2D eigenvalue weighted by atomic mass is 9.97. The summed E-state index contributed by atoms with van der Waals surface area (Å²) in [6.07, 6.45) is 1.21. The molecule has 0 saturated heterocycles. The number of nitrogens with zero attached hydrogens (tertiary/aromatic N) is 2. The molecule has 29 heavy (non-hydrogen) atoms. The second kappa shape index (κ2) is 7.84. The first-order chi connectivity index (χ1) is 13.9. The highest BCUT2D eigenvalue weighted by Gasteiger charge is 2.36. The van der Waals surface area contributed by atoms with Crippen molar-refractivity contribution in [3.05, 3.63) is 101 Å². The Balaban J connectivity index is 1.73. The van der Waals surface area contributed by atoms with Crippen LogP contribution >= 0.6 is 0 Å². The molecule has 4 rings (SSSR count). The molecule has 0 bridgehead atoms. The Morgan fingerprint density at radius 3 is 2.24 bits per heavy atom. The van der Waals surface area contributed by atoms with Crippen LogP contribution in [0.1, 0.15) is 28.7 Å². The van der Waals surface area contributed by atoms with Crippen molar-refractivity contribution in [1.82, 2.24) is 4.41 Å². The van der Waals surface area contributed by atoms with Gasteiger partial charge < -0.3 is 0 Å². The van der Waals surface area contributed by atoms with Gasteiger partial charge in [-0.25, -0.2) is 0 Å². The fourth-order valence-corrected chi connectivity index (χ4v) is 5.10. The van der Waals surface area contributed by atoms with Crippen LogP contribution in [0.25, 0.3) is 0 Å². The smallest absolute Gasteiger partial charge is 0.200 e. The molecule has 1 heterocycles. The normalized spacial score (nSPS) is 16.7. The van der Waals surface area contributed by atoms with E-state index in [2.05, 4.69) is 24.2 Å². The van der Waals surface area contributed by atoms with Crippen LogP contribution in [0.5, 0.6) is 0 Å². The largest absolute Gasteiger partial charge is 0.279 e. The second-order valence-corrected chi connectivity index (χ2v) is 9.29. The van der Waals surface area contributed by atoms with Crippen molar-refractivity contribution >= 4 is 15.7 Å². The third-order valence-corrected chi connectivity index (χ3v) is 7.09. The number of hydrogen-bond acceptors (Lipinski definition) is 3. The maximum Gasteiger partial charge on any atom is 0.279 e. The van der Waals surface area contributed by atoms with E-state index < -0.39 is 10.0 Å². The van der Waals surface area contributed by atoms with E-state index in [4.69, 9.17) is 0 Å². The lowest BCUT2D eigenvalue weighted by molar-refractivity contribution is 0.361. The molecule has 0 spiro atoms. The monoisotopic (exact) mass is 404 g/mol. The predicted molar refractivity (Wildman–Crippen MR) is 116 cm³/mol. The molecule has 1 aliphatic heterocycles. The van der Waals surface area contributed by atoms with Crippen LogP contribution in [0.15, 0.2) is 88.9 Å². The third kappa shape index (κ3) is 3.96. The number of aryl methyl sites for hydroxylation is 2. The van der Waals surface area contributed by atoms with Crippen LogP contribution in [0.4, 0.5) is 0 Å². The zero-order valence-electron chi connectivity index (χ0n) is 16.6. The summed E-state index contributed by atoms with van der Waals surface area (Å²) in [7, 11) is -3.73. The van der Waals surface area contributed by atoms with Gasteiger partial charge in [0.1, 0.15) is 0 Å². The first-order valence-corrected chi connectivity index (χ1v) is 11.2. The van der Waals surface area contributed by atoms with Gasteiger partial charge in [-0.2, -0.15) is 17.9 Å². The van der Waals surface area contributed by atoms with Crippen molar-refractivity contribution in [2.24, 2.45) is 5.10 Å². The van der Waals surface area contributed by atoms with Crippen LogP contribution in [0, 0.1) is 13.8 Å². The lowest BCUT2D eigenvalue weighted by Gasteiger charge is -2.24. The molecule has 4 nitrogen and oxygen atoms in total. The summed E-state index contributed by atoms with van der Waals surface area (Å²) in [6, 6.07) is 24.6. The summed E-state index contributed by atoms with van der Waals surface area (Å²) >= 11 is 0. The van der Waals surface area contributed by atoms with Crippen molar-refractivity contribution in [3.8, 4) is 0 Å². The van der Waals surface area contributed by atoms with Crippen LogP contribution in [-0.4, -0.2) is 24.6 Å². The molecule has 0 fully saturated rings. The Kier molecular flexibility index (Phi) is 5.24. The first-order valence-electron chi connectivity index (χ1n) is 9.73. The van der Waals surface area contributed by atoms with Gasteiger partial charge in [0.05, 0.1) is 16.6 Å². The molecule has 0 aromatic heterocycles. The van der Waals surface area contributed by atoms with E-state index in [1.807, 2.05) is 61.5 Å². The first kappa shape index (κ1) is 19.4. The van der Waals surface area contributed by atoms with E-state index in [1.54, 1.807) is 12.1 Å². The van der Waals surface area contributed by atoms with Crippen LogP contribution in [-0.2, 0) is 16.4 Å². The van der Waals surface area contributed by atoms with Gasteiger partial charge in [-0.15, -0.1) is 0 Å². The van der Waals surface area contributed by atoms with Gasteiger partial charge in [0.2, 0.25) is 0 Å². The average molecular weight is 405 g/mol. The molecule has 0 amide bonds. The molecule has 0 saturated carbocycles. The van der Waals surface area contributed by atoms with E-state index in [-0.39, 0.29) is 10.9 Å². The van der Waals surface area contributed by atoms with Gasteiger partial charge in [0.25, 0.3) is 10.0 Å². The van der Waals surface area contributed by atoms with Crippen LogP contribution in [0.2, 0.25) is 0 Å². The van der Waals surface area contributed by atoms with Crippen molar-refractivity contribution in [3.63, 3.8) is 0 Å². The highest BCUT2D eigenvalue weighted by atomic mass is 32.2. The fraction of sp³-hybridized carbons (Fsp3) is 0.208. The number of rotatable bonds is 5. The van der Waals surface area contributed by atoms with Gasteiger partial charge >= 0.3 is 0 Å². The minimum atomic E-state index is -3.73. The maximum atomic E-state index is 13.4. The molecule has 0 radical (unpaired) electrons. The number of hydrogen-bond donors (Lipinski definition) is 0. The molecule has 5 heteroatoms. The maximum absolute atomic E-state index is 13.4. The van der Waals surface area contributed by atoms with Gasteiger partial charge in [0, 0.05) is 6.42 Å². The zero-order chi connectivity index (χ0) is 20.4. The standard InChI is InChI=1S/C24H24N2O2S/c1-18-12-14-23(15-13-18)29(27,28)26-22(16-21-11-7-6-8-19(21)2)17-24(25-26)20-9-4-3-5-10-20/h3-15,22H,16-17H2,1-2H3. The number of sulfonamides is 1. The van der Waals surface area contributed by atoms with E-state index in [9.17, 15) is 8.42 Å². The van der Waals surface area contributed by atoms with E-state index in [1.165, 1.54) is 4.41 Å². The van der Waals surface area contributed by atoms with Gasteiger partial charge in [-0.3, -0.25) is 0 Å². The Hall–Kier alpha value is -2.92. The molecule has 1 unspecified atom stereocenters. The molecule has 1 aliphatic rings. The Morgan fingerprint density at radius 2 is 1.55 bits per heavy atom. The Labute approximate surface area is 172 Å². The van der Waals surface area contributed by atoms with Gasteiger partial charge in [-0.1, -0.05) is 72.3 Å². The molecule has 148 valence electrons. The molecule has 1 atom stereocenters. The zero-order valence-corrected chi connectivity index (χ0v) is 17.4. The summed E-state index contributed by atoms with van der Waals surface area (Å²) in [6.45, 7) is 4.00. The van der Waals surface area contributed by atoms with Crippen LogP contribution in [0.3, 0.4) is 0 Å². The van der Waals surface area contributed by atoms with Crippen molar-refractivity contribution < 1.29 is 8.42 Å². The van der Waals surface area contributed by atoms with Crippen molar-refractivity contribution in [2.75, 3.05) is 0 Å². The Morgan fingerprint density at radius 1 is 0.897 bits per heavy atom. The van der Waals surface area contributed by atoms with E-state index in [0.29, 0.717) is 12.8 Å². The van der Waals surface area contributed by atoms with E-state index >= 15 is 0 Å². The summed E-state index contributed by atoms with van der Waals surface area (Å²) < 4.78 is 28.2. The SMILES string of the molecule is Cc1ccc(S(=O)(=O)N2N=C(c3ccccc3)CC2Cc2ccccc2C)cc1. The fourth-order valence-electron chi connectivity index (χ4n) is 3.66. The van der Waals surface area contributed by atoms with E-state index in [0.717, 1.165) is 28.0 Å². The van der Waals surface area contributed by atoms with Gasteiger partial charge in [-0.05, 0) is 49.1 Å². The highest BCUT2D eigenvalue weighted by Crippen LogP contribution is 2.30. The molecule has 3 aromatic carbocycles. The summed E-state index contributed by atoms with van der Waals surface area (Å²) in [5.41, 5.74) is 5.10. The van der Waals surface area contributed by atoms with Crippen LogP contribution < -0.4 is 0 Å². The minimum Gasteiger partial charge on any atom is -0.200 e. The second-order valence-electron chi connectivity index (χ2n) is 7.49. The molecule has 0 aliphatic carbocycles. The van der Waals surface area contributed by atoms with Crippen molar-refractivity contribution in [1.29, 1.82) is 0 Å². The molecule has 0 N–H and O–H groups in total. The summed E-state index contributed by atoms with van der Waals surface area (Å²) in [4.78, 5) is 0.274. The molecule has 3 aromatic rings. The molecular weight excluding hydrogens is 380 g/mol. The van der Waals surface area contributed by atoms with Crippen molar-refractivity contribution in [2.45, 2.75) is 37.6 Å². The number of hydrazone groups is 1. The quantitative estimate of drug-likeness (QED) is 0.618. The minimum absolute atomic E-state index is 0.252. The lowest BCUT2D eigenvalue weighted by Crippen LogP contribution is -2.34. The molecular formula is C24H24N2O2S. The summed E-state index contributed by atoms with van der Waals surface area (Å²) in [5, 5.41) is 4.60. The topological polar surface area (TPSA) is 49.7 Å². The predicted octanol–water partition coefficient (Wildman–Crippen LogP) is 4.71. The van der Waals surface area contributed by atoms with Gasteiger partial charge in [0.15, 0.2) is 0 Å².